The molecule has 1 aliphatic rings. The summed E-state index contributed by atoms with van der Waals surface area (Å²) >= 11 is 0. The van der Waals surface area contributed by atoms with Crippen LogP contribution in [-0.4, -0.2) is 20.6 Å². The lowest BCUT2D eigenvalue weighted by atomic mass is 9.94. The first-order chi connectivity index (χ1) is 10.4. The molecule has 0 heterocycles. The fourth-order valence-electron chi connectivity index (χ4n) is 2.43. The Morgan fingerprint density at radius 2 is 1.77 bits per heavy atom. The van der Waals surface area contributed by atoms with Crippen LogP contribution in [-0.2, 0) is 21.4 Å². The Morgan fingerprint density at radius 1 is 1.14 bits per heavy atom. The topological polar surface area (TPSA) is 75.3 Å². The normalized spacial score (nSPS) is 15.4. The fourth-order valence-corrected chi connectivity index (χ4v) is 2.86. The minimum Gasteiger partial charge on any atom is -0.323 e. The van der Waals surface area contributed by atoms with Crippen molar-refractivity contribution in [2.24, 2.45) is 0 Å². The highest BCUT2D eigenvalue weighted by atomic mass is 32.2. The molecule has 1 aromatic rings. The van der Waals surface area contributed by atoms with E-state index < -0.39 is 10.0 Å². The van der Waals surface area contributed by atoms with Crippen molar-refractivity contribution in [2.75, 3.05) is 11.6 Å². The molecular formula is C16H22N2O3S. The number of hydrogen-bond donors (Lipinski definition) is 2. The Morgan fingerprint density at radius 3 is 2.36 bits per heavy atom. The molecule has 0 atom stereocenters. The van der Waals surface area contributed by atoms with Gasteiger partial charge in [0.1, 0.15) is 0 Å². The van der Waals surface area contributed by atoms with Crippen LogP contribution in [0.1, 0.15) is 37.7 Å². The molecule has 2 N–H and O–H groups in total. The smallest absolute Gasteiger partial charge is 0.248 e. The van der Waals surface area contributed by atoms with Gasteiger partial charge in [-0.05, 0) is 43.4 Å². The maximum atomic E-state index is 11.9. The number of benzene rings is 1. The van der Waals surface area contributed by atoms with E-state index in [1.165, 1.54) is 24.8 Å². The number of carbonyl (C=O) groups excluding carboxylic acids is 1. The van der Waals surface area contributed by atoms with Gasteiger partial charge in [-0.25, -0.2) is 13.1 Å². The average Bonchev–Trinajstić information content (AvgIpc) is 2.47. The monoisotopic (exact) mass is 322 g/mol. The number of amides is 1. The molecule has 1 fully saturated rings. The van der Waals surface area contributed by atoms with Gasteiger partial charge in [-0.15, -0.1) is 0 Å². The van der Waals surface area contributed by atoms with Gasteiger partial charge in [0.05, 0.1) is 6.26 Å². The van der Waals surface area contributed by atoms with E-state index >= 15 is 0 Å². The summed E-state index contributed by atoms with van der Waals surface area (Å²) in [5.74, 6) is -0.0982. The van der Waals surface area contributed by atoms with Gasteiger partial charge in [0.2, 0.25) is 15.9 Å². The van der Waals surface area contributed by atoms with Gasteiger partial charge in [-0.2, -0.15) is 0 Å². The molecule has 1 amide bonds. The van der Waals surface area contributed by atoms with Crippen molar-refractivity contribution in [2.45, 2.75) is 38.6 Å². The molecule has 1 saturated carbocycles. The molecule has 0 saturated heterocycles. The van der Waals surface area contributed by atoms with E-state index in [4.69, 9.17) is 0 Å². The highest BCUT2D eigenvalue weighted by molar-refractivity contribution is 7.88. The number of nitrogens with one attached hydrogen (secondary N) is 2. The minimum absolute atomic E-state index is 0.0982. The summed E-state index contributed by atoms with van der Waals surface area (Å²) in [5, 5.41) is 2.83. The highest BCUT2D eigenvalue weighted by Crippen LogP contribution is 2.22. The molecule has 0 aliphatic heterocycles. The van der Waals surface area contributed by atoms with Crippen LogP contribution in [0.25, 0.3) is 0 Å². The summed E-state index contributed by atoms with van der Waals surface area (Å²) in [7, 11) is -3.20. The Kier molecular flexibility index (Phi) is 5.74. The SMILES string of the molecule is CS(=O)(=O)NCc1ccc(NC(=O)C=C2CCCCC2)cc1. The Labute approximate surface area is 131 Å². The van der Waals surface area contributed by atoms with Gasteiger partial charge >= 0.3 is 0 Å². The van der Waals surface area contributed by atoms with Gasteiger partial charge in [0, 0.05) is 18.3 Å². The molecule has 0 radical (unpaired) electrons. The van der Waals surface area contributed by atoms with Crippen LogP contribution in [0, 0.1) is 0 Å². The van der Waals surface area contributed by atoms with Crippen molar-refractivity contribution in [3.63, 3.8) is 0 Å². The second-order valence-corrected chi connectivity index (χ2v) is 7.48. The number of carbonyl (C=O) groups is 1. The first-order valence-electron chi connectivity index (χ1n) is 7.46. The third-order valence-electron chi connectivity index (χ3n) is 3.59. The Hall–Kier alpha value is -1.66. The molecule has 5 nitrogen and oxygen atoms in total. The predicted octanol–water partition coefficient (Wildman–Crippen LogP) is 2.56. The number of rotatable bonds is 5. The molecule has 0 bridgehead atoms. The first kappa shape index (κ1) is 16.7. The number of allylic oxidation sites excluding steroid dienone is 1. The summed E-state index contributed by atoms with van der Waals surface area (Å²) in [6, 6.07) is 7.14. The van der Waals surface area contributed by atoms with Crippen LogP contribution in [0.15, 0.2) is 35.9 Å². The molecule has 22 heavy (non-hydrogen) atoms. The zero-order valence-electron chi connectivity index (χ0n) is 12.8. The Bertz CT molecular complexity index is 640. The van der Waals surface area contributed by atoms with Crippen LogP contribution in [0.3, 0.4) is 0 Å². The van der Waals surface area contributed by atoms with E-state index in [0.29, 0.717) is 5.69 Å². The summed E-state index contributed by atoms with van der Waals surface area (Å²) < 4.78 is 24.5. The summed E-state index contributed by atoms with van der Waals surface area (Å²) in [6.07, 6.45) is 8.45. The van der Waals surface area contributed by atoms with Gasteiger partial charge in [-0.3, -0.25) is 4.79 Å². The molecule has 0 aromatic heterocycles. The molecule has 0 unspecified atom stereocenters. The van der Waals surface area contributed by atoms with Crippen LogP contribution < -0.4 is 10.0 Å². The van der Waals surface area contributed by atoms with E-state index in [1.54, 1.807) is 30.3 Å². The van der Waals surface area contributed by atoms with Crippen LogP contribution in [0.4, 0.5) is 5.69 Å². The van der Waals surface area contributed by atoms with E-state index in [9.17, 15) is 13.2 Å². The summed E-state index contributed by atoms with van der Waals surface area (Å²) in [4.78, 5) is 11.9. The molecule has 1 aromatic carbocycles. The van der Waals surface area contributed by atoms with Crippen molar-refractivity contribution in [3.8, 4) is 0 Å². The van der Waals surface area contributed by atoms with E-state index in [1.807, 2.05) is 0 Å². The maximum Gasteiger partial charge on any atom is 0.248 e. The number of anilines is 1. The minimum atomic E-state index is -3.20. The van der Waals surface area contributed by atoms with E-state index in [2.05, 4.69) is 10.0 Å². The molecular weight excluding hydrogens is 300 g/mol. The fraction of sp³-hybridized carbons (Fsp3) is 0.438. The maximum absolute atomic E-state index is 11.9. The standard InChI is InChI=1S/C16H22N2O3S/c1-22(20,21)17-12-14-7-9-15(10-8-14)18-16(19)11-13-5-3-2-4-6-13/h7-11,17H,2-6,12H2,1H3,(H,18,19). The van der Waals surface area contributed by atoms with Crippen LogP contribution in [0.2, 0.25) is 0 Å². The third kappa shape index (κ3) is 5.99. The van der Waals surface area contributed by atoms with Crippen molar-refractivity contribution >= 4 is 21.6 Å². The van der Waals surface area contributed by atoms with Gasteiger partial charge in [0.25, 0.3) is 0 Å². The zero-order chi connectivity index (χ0) is 16.0. The largest absolute Gasteiger partial charge is 0.323 e. The molecule has 120 valence electrons. The average molecular weight is 322 g/mol. The van der Waals surface area contributed by atoms with Gasteiger partial charge in [-0.1, -0.05) is 24.1 Å². The summed E-state index contributed by atoms with van der Waals surface area (Å²) in [6.45, 7) is 0.247. The third-order valence-corrected chi connectivity index (χ3v) is 4.26. The van der Waals surface area contributed by atoms with Crippen molar-refractivity contribution in [3.05, 3.63) is 41.5 Å². The van der Waals surface area contributed by atoms with Crippen molar-refractivity contribution in [1.82, 2.24) is 4.72 Å². The van der Waals surface area contributed by atoms with Crippen LogP contribution >= 0.6 is 0 Å². The zero-order valence-corrected chi connectivity index (χ0v) is 13.6. The molecule has 0 spiro atoms. The molecule has 6 heteroatoms. The van der Waals surface area contributed by atoms with Gasteiger partial charge < -0.3 is 5.32 Å². The number of hydrogen-bond acceptors (Lipinski definition) is 3. The van der Waals surface area contributed by atoms with Crippen LogP contribution in [0.5, 0.6) is 0 Å². The predicted molar refractivity (Wildman–Crippen MR) is 87.9 cm³/mol. The van der Waals surface area contributed by atoms with Crippen molar-refractivity contribution in [1.29, 1.82) is 0 Å². The second kappa shape index (κ2) is 7.56. The lowest BCUT2D eigenvalue weighted by Crippen LogP contribution is -2.21. The lowest BCUT2D eigenvalue weighted by molar-refractivity contribution is -0.112. The first-order valence-corrected chi connectivity index (χ1v) is 9.35. The lowest BCUT2D eigenvalue weighted by Gasteiger charge is -2.13. The van der Waals surface area contributed by atoms with E-state index in [0.717, 1.165) is 24.7 Å². The summed E-state index contributed by atoms with van der Waals surface area (Å²) in [5.41, 5.74) is 2.77. The van der Waals surface area contributed by atoms with Crippen molar-refractivity contribution < 1.29 is 13.2 Å². The number of sulfonamides is 1. The van der Waals surface area contributed by atoms with E-state index in [-0.39, 0.29) is 12.5 Å². The highest BCUT2D eigenvalue weighted by Gasteiger charge is 2.08. The molecule has 2 rings (SSSR count). The second-order valence-electron chi connectivity index (χ2n) is 5.64. The quantitative estimate of drug-likeness (QED) is 0.818. The van der Waals surface area contributed by atoms with Gasteiger partial charge in [0.15, 0.2) is 0 Å². The molecule has 1 aliphatic carbocycles. The Balaban J connectivity index is 1.89.